The summed E-state index contributed by atoms with van der Waals surface area (Å²) in [4.78, 5) is 44.3. The lowest BCUT2D eigenvalue weighted by Gasteiger charge is -2.15. The Morgan fingerprint density at radius 1 is 0.950 bits per heavy atom. The lowest BCUT2D eigenvalue weighted by atomic mass is 9.92. The first-order chi connectivity index (χ1) is 9.14. The van der Waals surface area contributed by atoms with Crippen molar-refractivity contribution in [2.24, 2.45) is 5.41 Å². The maximum atomic E-state index is 11.3. The van der Waals surface area contributed by atoms with E-state index in [1.165, 1.54) is 0 Å². The van der Waals surface area contributed by atoms with Crippen LogP contribution in [-0.4, -0.2) is 37.6 Å². The van der Waals surface area contributed by atoms with Crippen molar-refractivity contribution in [1.82, 2.24) is 0 Å². The zero-order valence-electron chi connectivity index (χ0n) is 11.9. The number of carbonyl (C=O) groups is 4. The van der Waals surface area contributed by atoms with Gasteiger partial charge in [-0.2, -0.15) is 0 Å². The van der Waals surface area contributed by atoms with Gasteiger partial charge in [0.1, 0.15) is 0 Å². The number of esters is 4. The first-order valence-corrected chi connectivity index (χ1v) is 5.80. The highest BCUT2D eigenvalue weighted by atomic mass is 16.6. The summed E-state index contributed by atoms with van der Waals surface area (Å²) >= 11 is 0. The van der Waals surface area contributed by atoms with Gasteiger partial charge in [-0.15, -0.1) is 0 Å². The SMILES string of the molecule is COC(=O)C=CC(=O)OCC(=O)OC(=O)CC(C)(C)C. The molecule has 0 atom stereocenters. The first-order valence-electron chi connectivity index (χ1n) is 5.80. The highest BCUT2D eigenvalue weighted by Crippen LogP contribution is 2.18. The predicted octanol–water partition coefficient (Wildman–Crippen LogP) is 0.765. The fraction of sp³-hybridized carbons (Fsp3) is 0.538. The molecule has 112 valence electrons. The van der Waals surface area contributed by atoms with Gasteiger partial charge < -0.3 is 14.2 Å². The van der Waals surface area contributed by atoms with Gasteiger partial charge in [-0.25, -0.2) is 14.4 Å². The third-order valence-electron chi connectivity index (χ3n) is 1.79. The zero-order chi connectivity index (χ0) is 15.8. The number of hydrogen-bond acceptors (Lipinski definition) is 7. The van der Waals surface area contributed by atoms with Crippen LogP contribution in [0.25, 0.3) is 0 Å². The Hall–Kier alpha value is -2.18. The van der Waals surface area contributed by atoms with E-state index in [0.29, 0.717) is 0 Å². The highest BCUT2D eigenvalue weighted by molar-refractivity contribution is 5.93. The molecule has 0 aliphatic heterocycles. The average molecular weight is 286 g/mol. The summed E-state index contributed by atoms with van der Waals surface area (Å²) in [7, 11) is 1.15. The molecule has 20 heavy (non-hydrogen) atoms. The molecule has 0 N–H and O–H groups in total. The molecule has 0 heterocycles. The first kappa shape index (κ1) is 17.8. The topological polar surface area (TPSA) is 96.0 Å². The molecule has 0 aromatic heterocycles. The van der Waals surface area contributed by atoms with E-state index in [-0.39, 0.29) is 11.8 Å². The molecule has 0 saturated carbocycles. The number of methoxy groups -OCH3 is 1. The number of hydrogen-bond donors (Lipinski definition) is 0. The van der Waals surface area contributed by atoms with E-state index in [9.17, 15) is 19.2 Å². The van der Waals surface area contributed by atoms with Crippen molar-refractivity contribution in [3.8, 4) is 0 Å². The van der Waals surface area contributed by atoms with Crippen molar-refractivity contribution in [2.45, 2.75) is 27.2 Å². The van der Waals surface area contributed by atoms with Crippen LogP contribution in [0, 0.1) is 5.41 Å². The van der Waals surface area contributed by atoms with E-state index < -0.39 is 30.5 Å². The van der Waals surface area contributed by atoms with Crippen molar-refractivity contribution in [2.75, 3.05) is 13.7 Å². The van der Waals surface area contributed by atoms with Crippen LogP contribution in [-0.2, 0) is 33.4 Å². The molecule has 0 aromatic rings. The Bertz CT molecular complexity index is 415. The lowest BCUT2D eigenvalue weighted by molar-refractivity contribution is -0.166. The molecule has 0 spiro atoms. The van der Waals surface area contributed by atoms with Gasteiger partial charge in [0, 0.05) is 12.2 Å². The molecule has 0 amide bonds. The van der Waals surface area contributed by atoms with Crippen LogP contribution in [0.15, 0.2) is 12.2 Å². The van der Waals surface area contributed by atoms with Gasteiger partial charge in [-0.1, -0.05) is 20.8 Å². The second-order valence-electron chi connectivity index (χ2n) is 5.05. The van der Waals surface area contributed by atoms with Crippen molar-refractivity contribution >= 4 is 23.9 Å². The van der Waals surface area contributed by atoms with Gasteiger partial charge in [-0.05, 0) is 5.41 Å². The van der Waals surface area contributed by atoms with Crippen molar-refractivity contribution in [1.29, 1.82) is 0 Å². The average Bonchev–Trinajstić information content (AvgIpc) is 2.30. The van der Waals surface area contributed by atoms with Crippen LogP contribution < -0.4 is 0 Å². The minimum Gasteiger partial charge on any atom is -0.466 e. The van der Waals surface area contributed by atoms with E-state index in [0.717, 1.165) is 19.3 Å². The van der Waals surface area contributed by atoms with Crippen LogP contribution in [0.5, 0.6) is 0 Å². The van der Waals surface area contributed by atoms with Gasteiger partial charge in [0.2, 0.25) is 0 Å². The van der Waals surface area contributed by atoms with E-state index in [1.54, 1.807) is 0 Å². The second-order valence-corrected chi connectivity index (χ2v) is 5.05. The summed E-state index contributed by atoms with van der Waals surface area (Å²) in [6, 6.07) is 0. The lowest BCUT2D eigenvalue weighted by Crippen LogP contribution is -2.22. The Balaban J connectivity index is 4.05. The van der Waals surface area contributed by atoms with Crippen molar-refractivity contribution < 1.29 is 33.4 Å². The quantitative estimate of drug-likeness (QED) is 0.318. The normalized spacial score (nSPS) is 11.0. The molecule has 0 fully saturated rings. The van der Waals surface area contributed by atoms with Crippen LogP contribution in [0.4, 0.5) is 0 Å². The largest absolute Gasteiger partial charge is 0.466 e. The third kappa shape index (κ3) is 9.81. The van der Waals surface area contributed by atoms with Gasteiger partial charge in [0.25, 0.3) is 0 Å². The van der Waals surface area contributed by atoms with Gasteiger partial charge in [-0.3, -0.25) is 4.79 Å². The Kier molecular flexibility index (Phi) is 7.20. The molecular weight excluding hydrogens is 268 g/mol. The summed E-state index contributed by atoms with van der Waals surface area (Å²) in [5.41, 5.74) is -0.308. The number of rotatable bonds is 5. The molecule has 0 bridgehead atoms. The van der Waals surface area contributed by atoms with Crippen molar-refractivity contribution in [3.63, 3.8) is 0 Å². The molecule has 0 unspecified atom stereocenters. The van der Waals surface area contributed by atoms with E-state index in [2.05, 4.69) is 14.2 Å². The second kappa shape index (κ2) is 8.08. The van der Waals surface area contributed by atoms with E-state index in [4.69, 9.17) is 0 Å². The summed E-state index contributed by atoms with van der Waals surface area (Å²) in [6.45, 7) is 4.74. The fourth-order valence-corrected chi connectivity index (χ4v) is 1.01. The summed E-state index contributed by atoms with van der Waals surface area (Å²) < 4.78 is 13.2. The highest BCUT2D eigenvalue weighted by Gasteiger charge is 2.20. The van der Waals surface area contributed by atoms with Crippen LogP contribution in [0.2, 0.25) is 0 Å². The Morgan fingerprint density at radius 2 is 1.50 bits per heavy atom. The molecule has 0 rings (SSSR count). The van der Waals surface area contributed by atoms with E-state index >= 15 is 0 Å². The summed E-state index contributed by atoms with van der Waals surface area (Å²) in [6.07, 6.45) is 1.71. The van der Waals surface area contributed by atoms with Gasteiger partial charge in [0.15, 0.2) is 6.61 Å². The Morgan fingerprint density at radius 3 is 2.00 bits per heavy atom. The summed E-state index contributed by atoms with van der Waals surface area (Å²) in [5.74, 6) is -3.32. The maximum Gasteiger partial charge on any atom is 0.351 e. The zero-order valence-corrected chi connectivity index (χ0v) is 11.9. The number of ether oxygens (including phenoxy) is 3. The molecule has 0 aromatic carbocycles. The molecular formula is C13H18O7. The predicted molar refractivity (Wildman–Crippen MR) is 67.3 cm³/mol. The fourth-order valence-electron chi connectivity index (χ4n) is 1.01. The molecule has 0 aliphatic carbocycles. The molecule has 0 aliphatic rings. The maximum absolute atomic E-state index is 11.3. The standard InChI is InChI=1S/C13H18O7/c1-13(2,3)7-11(16)20-12(17)8-19-10(15)6-5-9(14)18-4/h5-6H,7-8H2,1-4H3. The van der Waals surface area contributed by atoms with Crippen LogP contribution in [0.1, 0.15) is 27.2 Å². The van der Waals surface area contributed by atoms with Crippen molar-refractivity contribution in [3.05, 3.63) is 12.2 Å². The monoisotopic (exact) mass is 286 g/mol. The molecule has 0 saturated heterocycles. The van der Waals surface area contributed by atoms with Gasteiger partial charge in [0.05, 0.1) is 13.5 Å². The Labute approximate surface area is 116 Å². The van der Waals surface area contributed by atoms with E-state index in [1.807, 2.05) is 20.8 Å². The van der Waals surface area contributed by atoms with Crippen LogP contribution >= 0.6 is 0 Å². The molecule has 0 radical (unpaired) electrons. The minimum absolute atomic E-state index is 0.0644. The minimum atomic E-state index is -0.973. The molecule has 7 heteroatoms. The third-order valence-corrected chi connectivity index (χ3v) is 1.79. The van der Waals surface area contributed by atoms with Gasteiger partial charge >= 0.3 is 23.9 Å². The molecule has 7 nitrogen and oxygen atoms in total. The number of carbonyl (C=O) groups excluding carboxylic acids is 4. The smallest absolute Gasteiger partial charge is 0.351 e. The summed E-state index contributed by atoms with van der Waals surface area (Å²) in [5, 5.41) is 0. The van der Waals surface area contributed by atoms with Crippen LogP contribution in [0.3, 0.4) is 0 Å².